The lowest BCUT2D eigenvalue weighted by atomic mass is 9.94. The van der Waals surface area contributed by atoms with Crippen LogP contribution in [0.25, 0.3) is 11.5 Å². The summed E-state index contributed by atoms with van der Waals surface area (Å²) in [5, 5.41) is 9.34. The molecule has 184 valence electrons. The zero-order chi connectivity index (χ0) is 24.2. The molecule has 2 fully saturated rings. The molecule has 1 saturated heterocycles. The van der Waals surface area contributed by atoms with Gasteiger partial charge < -0.3 is 19.8 Å². The second kappa shape index (κ2) is 8.58. The van der Waals surface area contributed by atoms with Crippen molar-refractivity contribution in [3.63, 3.8) is 0 Å². The molecule has 3 heterocycles. The first-order chi connectivity index (χ1) is 16.8. The van der Waals surface area contributed by atoms with Gasteiger partial charge in [0.2, 0.25) is 11.8 Å². The molecule has 0 spiro atoms. The first-order valence-electron chi connectivity index (χ1n) is 11.9. The SMILES string of the molecule is N[C@@H]1CN(Cc2ccc(Cl)cc2)c2cc(-c3nnc(C4(C5CC5)CCCO4)o3)ccc2S(=O)(=O)C1. The molecule has 3 aliphatic rings. The molecular weight excluding hydrogens is 488 g/mol. The van der Waals surface area contributed by atoms with Crippen molar-refractivity contribution in [2.75, 3.05) is 23.8 Å². The molecule has 0 bridgehead atoms. The van der Waals surface area contributed by atoms with Crippen molar-refractivity contribution in [2.24, 2.45) is 11.7 Å². The predicted octanol–water partition coefficient (Wildman–Crippen LogP) is 3.93. The molecule has 1 aliphatic carbocycles. The van der Waals surface area contributed by atoms with Crippen LogP contribution in [-0.2, 0) is 26.7 Å². The second-order valence-electron chi connectivity index (χ2n) is 9.76. The smallest absolute Gasteiger partial charge is 0.248 e. The van der Waals surface area contributed by atoms with Crippen LogP contribution in [-0.4, -0.2) is 43.6 Å². The molecule has 2 N–H and O–H groups in total. The summed E-state index contributed by atoms with van der Waals surface area (Å²) >= 11 is 6.05. The molecule has 35 heavy (non-hydrogen) atoms. The standard InChI is InChI=1S/C25H27ClN4O4S/c26-19-7-2-16(3-8-19)13-30-14-20(27)15-35(31,32)22-9-4-17(12-21(22)30)23-28-29-24(34-23)25(18-5-6-18)10-1-11-33-25/h2-4,7-9,12,18,20H,1,5-6,10-11,13-15,27H2/t20-,25?/m1/s1. The van der Waals surface area contributed by atoms with Crippen LogP contribution in [0.1, 0.15) is 37.1 Å². The van der Waals surface area contributed by atoms with Crippen LogP contribution in [0.5, 0.6) is 0 Å². The number of hydrogen-bond donors (Lipinski definition) is 1. The van der Waals surface area contributed by atoms with Gasteiger partial charge in [0.25, 0.3) is 0 Å². The van der Waals surface area contributed by atoms with E-state index in [9.17, 15) is 8.42 Å². The van der Waals surface area contributed by atoms with E-state index in [0.29, 0.717) is 53.7 Å². The Morgan fingerprint density at radius 1 is 1.14 bits per heavy atom. The van der Waals surface area contributed by atoms with Gasteiger partial charge in [-0.15, -0.1) is 10.2 Å². The average Bonchev–Trinajstić information content (AvgIpc) is 3.38. The van der Waals surface area contributed by atoms with Gasteiger partial charge in [0.15, 0.2) is 9.84 Å². The zero-order valence-electron chi connectivity index (χ0n) is 19.2. The minimum atomic E-state index is -3.55. The Balaban J connectivity index is 1.39. The molecule has 2 atom stereocenters. The maximum Gasteiger partial charge on any atom is 0.248 e. The van der Waals surface area contributed by atoms with Crippen LogP contribution >= 0.6 is 11.6 Å². The third-order valence-electron chi connectivity index (χ3n) is 7.13. The number of hydrogen-bond acceptors (Lipinski definition) is 8. The van der Waals surface area contributed by atoms with Crippen LogP contribution in [0.3, 0.4) is 0 Å². The van der Waals surface area contributed by atoms with Crippen LogP contribution in [0, 0.1) is 5.92 Å². The van der Waals surface area contributed by atoms with Crippen molar-refractivity contribution < 1.29 is 17.6 Å². The molecule has 1 unspecified atom stereocenters. The molecule has 2 aliphatic heterocycles. The lowest BCUT2D eigenvalue weighted by molar-refractivity contribution is -0.0400. The fourth-order valence-corrected chi connectivity index (χ4v) is 7.07. The summed E-state index contributed by atoms with van der Waals surface area (Å²) in [5.74, 6) is 1.19. The lowest BCUT2D eigenvalue weighted by Crippen LogP contribution is -2.39. The first-order valence-corrected chi connectivity index (χ1v) is 14.0. The summed E-state index contributed by atoms with van der Waals surface area (Å²) < 4.78 is 38.5. The van der Waals surface area contributed by atoms with Gasteiger partial charge in [-0.3, -0.25) is 0 Å². The van der Waals surface area contributed by atoms with Crippen molar-refractivity contribution in [3.05, 3.63) is 58.9 Å². The summed E-state index contributed by atoms with van der Waals surface area (Å²) in [6.45, 7) is 1.58. The average molecular weight is 515 g/mol. The largest absolute Gasteiger partial charge is 0.418 e. The predicted molar refractivity (Wildman–Crippen MR) is 132 cm³/mol. The van der Waals surface area contributed by atoms with Crippen molar-refractivity contribution in [2.45, 2.75) is 48.8 Å². The van der Waals surface area contributed by atoms with Crippen LogP contribution < -0.4 is 10.6 Å². The van der Waals surface area contributed by atoms with Gasteiger partial charge in [0.05, 0.1) is 16.3 Å². The minimum Gasteiger partial charge on any atom is -0.418 e. The quantitative estimate of drug-likeness (QED) is 0.545. The molecule has 1 saturated carbocycles. The Kier molecular flexibility index (Phi) is 5.63. The molecule has 0 amide bonds. The Bertz CT molecular complexity index is 1350. The number of benzene rings is 2. The zero-order valence-corrected chi connectivity index (χ0v) is 20.8. The van der Waals surface area contributed by atoms with Gasteiger partial charge in [-0.2, -0.15) is 0 Å². The summed E-state index contributed by atoms with van der Waals surface area (Å²) in [5.41, 5.74) is 8.00. The highest BCUT2D eigenvalue weighted by molar-refractivity contribution is 7.91. The Morgan fingerprint density at radius 3 is 2.66 bits per heavy atom. The summed E-state index contributed by atoms with van der Waals surface area (Å²) in [4.78, 5) is 2.26. The molecule has 6 rings (SSSR count). The molecule has 0 radical (unpaired) electrons. The maximum absolute atomic E-state index is 13.1. The highest BCUT2D eigenvalue weighted by Crippen LogP contribution is 2.53. The number of fused-ring (bicyclic) bond motifs is 1. The van der Waals surface area contributed by atoms with Crippen LogP contribution in [0.4, 0.5) is 5.69 Å². The topological polar surface area (TPSA) is 112 Å². The van der Waals surface area contributed by atoms with Crippen molar-refractivity contribution in [3.8, 4) is 11.5 Å². The van der Waals surface area contributed by atoms with E-state index >= 15 is 0 Å². The molecule has 10 heteroatoms. The van der Waals surface area contributed by atoms with E-state index in [2.05, 4.69) is 10.2 Å². The van der Waals surface area contributed by atoms with Gasteiger partial charge in [-0.1, -0.05) is 23.7 Å². The summed E-state index contributed by atoms with van der Waals surface area (Å²) in [6, 6.07) is 12.2. The van der Waals surface area contributed by atoms with Gasteiger partial charge >= 0.3 is 0 Å². The van der Waals surface area contributed by atoms with E-state index in [4.69, 9.17) is 26.5 Å². The number of nitrogens with zero attached hydrogens (tertiary/aromatic N) is 3. The maximum atomic E-state index is 13.1. The number of anilines is 1. The summed E-state index contributed by atoms with van der Waals surface area (Å²) in [6.07, 6.45) is 4.07. The van der Waals surface area contributed by atoms with E-state index in [1.54, 1.807) is 12.1 Å². The minimum absolute atomic E-state index is 0.109. The van der Waals surface area contributed by atoms with Crippen molar-refractivity contribution in [1.82, 2.24) is 10.2 Å². The normalized spacial score (nSPS) is 25.9. The third kappa shape index (κ3) is 4.24. The van der Waals surface area contributed by atoms with E-state index in [1.807, 2.05) is 35.2 Å². The Labute approximate surface area is 209 Å². The molecule has 1 aromatic heterocycles. The summed E-state index contributed by atoms with van der Waals surface area (Å²) in [7, 11) is -3.55. The van der Waals surface area contributed by atoms with E-state index in [0.717, 1.165) is 31.2 Å². The Hall–Kier alpha value is -2.46. The van der Waals surface area contributed by atoms with Gasteiger partial charge in [-0.25, -0.2) is 8.42 Å². The number of sulfone groups is 1. The highest BCUT2D eigenvalue weighted by atomic mass is 35.5. The van der Waals surface area contributed by atoms with Crippen molar-refractivity contribution in [1.29, 1.82) is 0 Å². The van der Waals surface area contributed by atoms with Crippen molar-refractivity contribution >= 4 is 27.1 Å². The Morgan fingerprint density at radius 2 is 1.94 bits per heavy atom. The number of halogens is 1. The first kappa shape index (κ1) is 23.0. The highest BCUT2D eigenvalue weighted by Gasteiger charge is 2.53. The lowest BCUT2D eigenvalue weighted by Gasteiger charge is -2.26. The third-order valence-corrected chi connectivity index (χ3v) is 9.27. The van der Waals surface area contributed by atoms with E-state index < -0.39 is 21.5 Å². The monoisotopic (exact) mass is 514 g/mol. The fourth-order valence-electron chi connectivity index (χ4n) is 5.31. The number of ether oxygens (including phenoxy) is 1. The molecule has 3 aromatic rings. The van der Waals surface area contributed by atoms with Gasteiger partial charge in [0.1, 0.15) is 5.60 Å². The fraction of sp³-hybridized carbons (Fsp3) is 0.440. The number of nitrogens with two attached hydrogens (primary N) is 1. The van der Waals surface area contributed by atoms with E-state index in [1.165, 1.54) is 0 Å². The van der Waals surface area contributed by atoms with Crippen LogP contribution in [0.2, 0.25) is 5.02 Å². The molecular formula is C25H27ClN4O4S. The molecule has 8 nitrogen and oxygen atoms in total. The molecule has 2 aromatic carbocycles. The van der Waals surface area contributed by atoms with Gasteiger partial charge in [0, 0.05) is 36.3 Å². The number of aromatic nitrogens is 2. The van der Waals surface area contributed by atoms with E-state index in [-0.39, 0.29) is 10.6 Å². The number of rotatable bonds is 5. The van der Waals surface area contributed by atoms with Crippen LogP contribution in [0.15, 0.2) is 51.8 Å². The second-order valence-corrected chi connectivity index (χ2v) is 12.2. The van der Waals surface area contributed by atoms with Gasteiger partial charge in [-0.05, 0) is 67.5 Å².